The Morgan fingerprint density at radius 2 is 1.81 bits per heavy atom. The summed E-state index contributed by atoms with van der Waals surface area (Å²) in [6.45, 7) is 5.79. The van der Waals surface area contributed by atoms with Crippen LogP contribution in [0.4, 0.5) is 0 Å². The predicted molar refractivity (Wildman–Crippen MR) is 72.8 cm³/mol. The molecule has 16 heavy (non-hydrogen) atoms. The van der Waals surface area contributed by atoms with E-state index >= 15 is 0 Å². The first kappa shape index (κ1) is 14.0. The minimum Gasteiger partial charge on any atom is -0.314 e. The summed E-state index contributed by atoms with van der Waals surface area (Å²) in [4.78, 5) is 0. The van der Waals surface area contributed by atoms with Crippen LogP contribution < -0.4 is 5.32 Å². The van der Waals surface area contributed by atoms with Gasteiger partial charge in [-0.3, -0.25) is 0 Å². The number of unbranched alkanes of at least 4 members (excludes halogenated alkanes) is 2. The first-order valence-electron chi connectivity index (χ1n) is 7.60. The van der Waals surface area contributed by atoms with Crippen LogP contribution in [0.3, 0.4) is 0 Å². The van der Waals surface area contributed by atoms with Crippen molar-refractivity contribution in [1.29, 1.82) is 0 Å². The average molecular weight is 225 g/mol. The first-order chi connectivity index (χ1) is 7.86. The van der Waals surface area contributed by atoms with E-state index in [0.717, 1.165) is 12.0 Å². The van der Waals surface area contributed by atoms with Crippen molar-refractivity contribution in [2.75, 3.05) is 6.54 Å². The molecule has 0 spiro atoms. The van der Waals surface area contributed by atoms with Crippen LogP contribution in [-0.4, -0.2) is 12.6 Å². The Balaban J connectivity index is 2.22. The third-order valence-corrected chi connectivity index (χ3v) is 3.93. The second-order valence-electron chi connectivity index (χ2n) is 5.53. The van der Waals surface area contributed by atoms with Gasteiger partial charge in [0.1, 0.15) is 0 Å². The third-order valence-electron chi connectivity index (χ3n) is 3.93. The summed E-state index contributed by atoms with van der Waals surface area (Å²) < 4.78 is 0. The molecule has 0 aromatic heterocycles. The smallest absolute Gasteiger partial charge is 0.00696 e. The van der Waals surface area contributed by atoms with Gasteiger partial charge in [0.05, 0.1) is 0 Å². The molecule has 0 aromatic carbocycles. The van der Waals surface area contributed by atoms with Crippen LogP contribution in [0.25, 0.3) is 0 Å². The van der Waals surface area contributed by atoms with E-state index < -0.39 is 0 Å². The van der Waals surface area contributed by atoms with Crippen LogP contribution >= 0.6 is 0 Å². The van der Waals surface area contributed by atoms with Crippen LogP contribution in [0.5, 0.6) is 0 Å². The maximum atomic E-state index is 3.73. The van der Waals surface area contributed by atoms with Gasteiger partial charge in [-0.1, -0.05) is 58.8 Å². The van der Waals surface area contributed by atoms with Crippen molar-refractivity contribution in [2.24, 2.45) is 5.92 Å². The second kappa shape index (κ2) is 9.04. The third kappa shape index (κ3) is 5.89. The molecule has 1 fully saturated rings. The normalized spacial score (nSPS) is 26.6. The van der Waals surface area contributed by atoms with Crippen LogP contribution in [0, 0.1) is 5.92 Å². The molecule has 1 heteroatoms. The molecule has 0 aliphatic heterocycles. The summed E-state index contributed by atoms with van der Waals surface area (Å²) in [7, 11) is 0. The SMILES string of the molecule is CCCCCC1CCCCC(NCCC)C1. The Kier molecular flexibility index (Phi) is 7.92. The molecular weight excluding hydrogens is 194 g/mol. The monoisotopic (exact) mass is 225 g/mol. The number of nitrogens with one attached hydrogen (secondary N) is 1. The lowest BCUT2D eigenvalue weighted by molar-refractivity contribution is 0.358. The van der Waals surface area contributed by atoms with E-state index in [1.807, 2.05) is 0 Å². The zero-order chi connectivity index (χ0) is 11.6. The summed E-state index contributed by atoms with van der Waals surface area (Å²) in [5.41, 5.74) is 0. The minimum atomic E-state index is 0.828. The van der Waals surface area contributed by atoms with Gasteiger partial charge in [0, 0.05) is 6.04 Å². The predicted octanol–water partition coefficient (Wildman–Crippen LogP) is 4.52. The molecule has 2 unspecified atom stereocenters. The summed E-state index contributed by atoms with van der Waals surface area (Å²) >= 11 is 0. The fraction of sp³-hybridized carbons (Fsp3) is 1.00. The topological polar surface area (TPSA) is 12.0 Å². The molecule has 1 N–H and O–H groups in total. The maximum absolute atomic E-state index is 3.73. The van der Waals surface area contributed by atoms with Gasteiger partial charge in [-0.25, -0.2) is 0 Å². The molecule has 96 valence electrons. The van der Waals surface area contributed by atoms with Crippen molar-refractivity contribution in [2.45, 2.75) is 84.1 Å². The van der Waals surface area contributed by atoms with Gasteiger partial charge in [-0.15, -0.1) is 0 Å². The molecule has 0 saturated heterocycles. The van der Waals surface area contributed by atoms with Crippen molar-refractivity contribution in [1.82, 2.24) is 5.32 Å². The van der Waals surface area contributed by atoms with Gasteiger partial charge in [0.15, 0.2) is 0 Å². The zero-order valence-electron chi connectivity index (χ0n) is 11.4. The molecule has 0 amide bonds. The summed E-state index contributed by atoms with van der Waals surface area (Å²) in [6, 6.07) is 0.828. The van der Waals surface area contributed by atoms with Crippen LogP contribution in [0.2, 0.25) is 0 Å². The van der Waals surface area contributed by atoms with Gasteiger partial charge >= 0.3 is 0 Å². The second-order valence-corrected chi connectivity index (χ2v) is 5.53. The Labute approximate surface area is 102 Å². The lowest BCUT2D eigenvalue weighted by atomic mass is 9.92. The molecule has 1 aliphatic carbocycles. The Morgan fingerprint density at radius 3 is 2.56 bits per heavy atom. The molecule has 1 nitrogen and oxygen atoms in total. The van der Waals surface area contributed by atoms with Gasteiger partial charge in [0.2, 0.25) is 0 Å². The number of rotatable bonds is 7. The van der Waals surface area contributed by atoms with E-state index in [4.69, 9.17) is 0 Å². The molecule has 0 heterocycles. The molecule has 0 bridgehead atoms. The van der Waals surface area contributed by atoms with Crippen LogP contribution in [-0.2, 0) is 0 Å². The van der Waals surface area contributed by atoms with E-state index in [2.05, 4.69) is 19.2 Å². The lowest BCUT2D eigenvalue weighted by Crippen LogP contribution is -2.30. The molecule has 0 radical (unpaired) electrons. The largest absolute Gasteiger partial charge is 0.314 e. The fourth-order valence-electron chi connectivity index (χ4n) is 2.94. The van der Waals surface area contributed by atoms with Crippen molar-refractivity contribution in [3.05, 3.63) is 0 Å². The summed E-state index contributed by atoms with van der Waals surface area (Å²) in [6.07, 6.45) is 14.3. The van der Waals surface area contributed by atoms with Crippen molar-refractivity contribution < 1.29 is 0 Å². The van der Waals surface area contributed by atoms with Crippen molar-refractivity contribution in [3.63, 3.8) is 0 Å². The molecular formula is C15H31N. The molecule has 0 aromatic rings. The van der Waals surface area contributed by atoms with Gasteiger partial charge < -0.3 is 5.32 Å². The molecule has 1 aliphatic rings. The number of hydrogen-bond acceptors (Lipinski definition) is 1. The Morgan fingerprint density at radius 1 is 1.00 bits per heavy atom. The van der Waals surface area contributed by atoms with E-state index in [1.165, 1.54) is 70.8 Å². The average Bonchev–Trinajstić information content (AvgIpc) is 2.52. The highest BCUT2D eigenvalue weighted by atomic mass is 14.9. The molecule has 2 atom stereocenters. The highest BCUT2D eigenvalue weighted by Gasteiger charge is 2.18. The summed E-state index contributed by atoms with van der Waals surface area (Å²) in [5, 5.41) is 3.73. The Hall–Kier alpha value is -0.0400. The van der Waals surface area contributed by atoms with Gasteiger partial charge in [-0.2, -0.15) is 0 Å². The minimum absolute atomic E-state index is 0.828. The van der Waals surface area contributed by atoms with E-state index in [0.29, 0.717) is 0 Å². The fourth-order valence-corrected chi connectivity index (χ4v) is 2.94. The quantitative estimate of drug-likeness (QED) is 0.496. The van der Waals surface area contributed by atoms with E-state index in [1.54, 1.807) is 0 Å². The summed E-state index contributed by atoms with van der Waals surface area (Å²) in [5.74, 6) is 1.02. The first-order valence-corrected chi connectivity index (χ1v) is 7.60. The molecule has 1 rings (SSSR count). The lowest BCUT2D eigenvalue weighted by Gasteiger charge is -2.21. The van der Waals surface area contributed by atoms with Crippen LogP contribution in [0.15, 0.2) is 0 Å². The highest BCUT2D eigenvalue weighted by Crippen LogP contribution is 2.27. The molecule has 1 saturated carbocycles. The van der Waals surface area contributed by atoms with E-state index in [9.17, 15) is 0 Å². The van der Waals surface area contributed by atoms with E-state index in [-0.39, 0.29) is 0 Å². The standard InChI is InChI=1S/C15H31N/c1-3-5-6-9-14-10-7-8-11-15(13-14)16-12-4-2/h14-16H,3-13H2,1-2H3. The van der Waals surface area contributed by atoms with Crippen molar-refractivity contribution in [3.8, 4) is 0 Å². The zero-order valence-corrected chi connectivity index (χ0v) is 11.4. The van der Waals surface area contributed by atoms with Crippen LogP contribution in [0.1, 0.15) is 78.1 Å². The van der Waals surface area contributed by atoms with Crippen molar-refractivity contribution >= 4 is 0 Å². The maximum Gasteiger partial charge on any atom is 0.00696 e. The Bertz CT molecular complexity index is 156. The number of hydrogen-bond donors (Lipinski definition) is 1. The van der Waals surface area contributed by atoms with Gasteiger partial charge in [0.25, 0.3) is 0 Å². The highest BCUT2D eigenvalue weighted by molar-refractivity contribution is 4.76. The van der Waals surface area contributed by atoms with Gasteiger partial charge in [-0.05, 0) is 31.7 Å².